The number of nitrogens with one attached hydrogen (secondary N) is 1. The lowest BCUT2D eigenvalue weighted by atomic mass is 9.95. The molecular formula is C14H18N4O3. The molecule has 0 bridgehead atoms. The van der Waals surface area contributed by atoms with Crippen LogP contribution in [0.5, 0.6) is 0 Å². The topological polar surface area (TPSA) is 99.2 Å². The summed E-state index contributed by atoms with van der Waals surface area (Å²) in [5, 5.41) is 19.3. The number of fused-ring (bicyclic) bond motifs is 1. The molecule has 0 saturated heterocycles. The average molecular weight is 290 g/mol. The monoisotopic (exact) mass is 290 g/mol. The van der Waals surface area contributed by atoms with Crippen molar-refractivity contribution in [3.63, 3.8) is 0 Å². The molecule has 21 heavy (non-hydrogen) atoms. The molecule has 2 rings (SSSR count). The quantitative estimate of drug-likeness (QED) is 0.889. The molecule has 2 aromatic rings. The first-order valence-electron chi connectivity index (χ1n) is 6.58. The highest BCUT2D eigenvalue weighted by molar-refractivity contribution is 5.98. The molecule has 0 radical (unpaired) electrons. The van der Waals surface area contributed by atoms with Crippen LogP contribution in [0.4, 0.5) is 0 Å². The van der Waals surface area contributed by atoms with Crippen LogP contribution in [-0.4, -0.2) is 50.4 Å². The number of rotatable bonds is 4. The van der Waals surface area contributed by atoms with Gasteiger partial charge in [-0.3, -0.25) is 9.59 Å². The van der Waals surface area contributed by atoms with Gasteiger partial charge in [0.15, 0.2) is 0 Å². The number of carbonyl (C=O) groups is 2. The van der Waals surface area contributed by atoms with Crippen molar-refractivity contribution < 1.29 is 14.7 Å². The summed E-state index contributed by atoms with van der Waals surface area (Å²) >= 11 is 0. The molecule has 1 aromatic carbocycles. The number of aromatic amines is 1. The Morgan fingerprint density at radius 1 is 1.24 bits per heavy atom. The van der Waals surface area contributed by atoms with Crippen molar-refractivity contribution in [3.05, 3.63) is 23.8 Å². The molecule has 0 atom stereocenters. The minimum absolute atomic E-state index is 0.191. The van der Waals surface area contributed by atoms with E-state index in [4.69, 9.17) is 5.11 Å². The van der Waals surface area contributed by atoms with Gasteiger partial charge in [-0.05, 0) is 23.6 Å². The van der Waals surface area contributed by atoms with Gasteiger partial charge in [0.25, 0.3) is 5.91 Å². The Kier molecular flexibility index (Phi) is 3.93. The van der Waals surface area contributed by atoms with Gasteiger partial charge in [-0.15, -0.1) is 0 Å². The number of nitrogens with zero attached hydrogens (tertiary/aromatic N) is 3. The predicted octanol–water partition coefficient (Wildman–Crippen LogP) is 1.53. The third-order valence-electron chi connectivity index (χ3n) is 2.84. The van der Waals surface area contributed by atoms with Crippen molar-refractivity contribution in [3.8, 4) is 0 Å². The summed E-state index contributed by atoms with van der Waals surface area (Å²) < 4.78 is 0. The zero-order chi connectivity index (χ0) is 15.6. The molecule has 0 saturated carbocycles. The van der Waals surface area contributed by atoms with Crippen LogP contribution in [0.15, 0.2) is 18.2 Å². The number of aromatic nitrogens is 3. The zero-order valence-corrected chi connectivity index (χ0v) is 12.3. The van der Waals surface area contributed by atoms with Gasteiger partial charge in [-0.25, -0.2) is 0 Å². The van der Waals surface area contributed by atoms with Crippen LogP contribution < -0.4 is 0 Å². The van der Waals surface area contributed by atoms with Crippen molar-refractivity contribution in [2.24, 2.45) is 5.41 Å². The SMILES string of the molecule is CC(C)(C)CN(CC(=O)O)C(=O)c1ccc2n[nH]nc2c1. The van der Waals surface area contributed by atoms with Crippen LogP contribution >= 0.6 is 0 Å². The van der Waals surface area contributed by atoms with E-state index >= 15 is 0 Å². The van der Waals surface area contributed by atoms with Crippen LogP contribution in [0, 0.1) is 5.41 Å². The smallest absolute Gasteiger partial charge is 0.323 e. The number of carbonyl (C=O) groups excluding carboxylic acids is 1. The number of hydrogen-bond donors (Lipinski definition) is 2. The number of hydrogen-bond acceptors (Lipinski definition) is 4. The molecule has 0 fully saturated rings. The van der Waals surface area contributed by atoms with E-state index in [0.717, 1.165) is 0 Å². The molecule has 1 amide bonds. The number of amides is 1. The van der Waals surface area contributed by atoms with E-state index in [-0.39, 0.29) is 17.9 Å². The minimum atomic E-state index is -1.03. The van der Waals surface area contributed by atoms with Gasteiger partial charge >= 0.3 is 5.97 Å². The van der Waals surface area contributed by atoms with Crippen LogP contribution in [0.1, 0.15) is 31.1 Å². The maximum Gasteiger partial charge on any atom is 0.323 e. The molecule has 0 unspecified atom stereocenters. The fourth-order valence-electron chi connectivity index (χ4n) is 2.09. The summed E-state index contributed by atoms with van der Waals surface area (Å²) in [6, 6.07) is 4.92. The fourth-order valence-corrected chi connectivity index (χ4v) is 2.09. The number of benzene rings is 1. The Bertz CT molecular complexity index is 672. The second kappa shape index (κ2) is 5.51. The zero-order valence-electron chi connectivity index (χ0n) is 12.3. The average Bonchev–Trinajstić information content (AvgIpc) is 2.81. The molecule has 2 N–H and O–H groups in total. The highest BCUT2D eigenvalue weighted by Gasteiger charge is 2.24. The lowest BCUT2D eigenvalue weighted by Gasteiger charge is -2.28. The van der Waals surface area contributed by atoms with Crippen LogP contribution in [0.3, 0.4) is 0 Å². The van der Waals surface area contributed by atoms with Crippen molar-refractivity contribution in [1.82, 2.24) is 20.3 Å². The van der Waals surface area contributed by atoms with E-state index in [0.29, 0.717) is 23.1 Å². The molecule has 0 spiro atoms. The van der Waals surface area contributed by atoms with Gasteiger partial charge in [0.1, 0.15) is 17.6 Å². The van der Waals surface area contributed by atoms with Crippen LogP contribution in [0.25, 0.3) is 11.0 Å². The second-order valence-corrected chi connectivity index (χ2v) is 6.14. The first kappa shape index (κ1) is 15.0. The molecule has 0 aliphatic heterocycles. The molecule has 0 aliphatic rings. The molecule has 7 nitrogen and oxygen atoms in total. The summed E-state index contributed by atoms with van der Waals surface area (Å²) in [7, 11) is 0. The third-order valence-corrected chi connectivity index (χ3v) is 2.84. The summed E-state index contributed by atoms with van der Waals surface area (Å²) in [6.45, 7) is 5.89. The Balaban J connectivity index is 2.29. The van der Waals surface area contributed by atoms with Gasteiger partial charge in [0, 0.05) is 12.1 Å². The number of carboxylic acids is 1. The number of carboxylic acid groups (broad SMARTS) is 1. The fraction of sp³-hybridized carbons (Fsp3) is 0.429. The van der Waals surface area contributed by atoms with E-state index in [9.17, 15) is 9.59 Å². The summed E-state index contributed by atoms with van der Waals surface area (Å²) in [5.41, 5.74) is 1.45. The predicted molar refractivity (Wildman–Crippen MR) is 76.9 cm³/mol. The maximum absolute atomic E-state index is 12.5. The van der Waals surface area contributed by atoms with Crippen molar-refractivity contribution in [2.45, 2.75) is 20.8 Å². The molecule has 112 valence electrons. The molecule has 7 heteroatoms. The Hall–Kier alpha value is -2.44. The normalized spacial score (nSPS) is 11.6. The van der Waals surface area contributed by atoms with E-state index < -0.39 is 5.97 Å². The lowest BCUT2D eigenvalue weighted by Crippen LogP contribution is -2.41. The second-order valence-electron chi connectivity index (χ2n) is 6.14. The number of H-pyrrole nitrogens is 1. The summed E-state index contributed by atoms with van der Waals surface area (Å²) in [6.07, 6.45) is 0. The lowest BCUT2D eigenvalue weighted by molar-refractivity contribution is -0.138. The van der Waals surface area contributed by atoms with Gasteiger partial charge in [0.05, 0.1) is 0 Å². The Morgan fingerprint density at radius 2 is 1.90 bits per heavy atom. The Morgan fingerprint density at radius 3 is 2.52 bits per heavy atom. The van der Waals surface area contributed by atoms with Gasteiger partial charge < -0.3 is 10.0 Å². The van der Waals surface area contributed by atoms with E-state index in [2.05, 4.69) is 15.4 Å². The molecule has 1 aromatic heterocycles. The van der Waals surface area contributed by atoms with Crippen molar-refractivity contribution >= 4 is 22.9 Å². The van der Waals surface area contributed by atoms with E-state index in [1.165, 1.54) is 4.90 Å². The molecule has 1 heterocycles. The first-order valence-corrected chi connectivity index (χ1v) is 6.58. The summed E-state index contributed by atoms with van der Waals surface area (Å²) in [4.78, 5) is 24.8. The van der Waals surface area contributed by atoms with E-state index in [1.807, 2.05) is 20.8 Å². The minimum Gasteiger partial charge on any atom is -0.480 e. The van der Waals surface area contributed by atoms with Crippen LogP contribution in [0.2, 0.25) is 0 Å². The highest BCUT2D eigenvalue weighted by Crippen LogP contribution is 2.18. The first-order chi connectivity index (χ1) is 9.76. The summed E-state index contributed by atoms with van der Waals surface area (Å²) in [5.74, 6) is -1.35. The van der Waals surface area contributed by atoms with Gasteiger partial charge in [-0.2, -0.15) is 15.4 Å². The maximum atomic E-state index is 12.5. The number of aliphatic carboxylic acids is 1. The Labute approximate surface area is 121 Å². The molecule has 0 aliphatic carbocycles. The highest BCUT2D eigenvalue weighted by atomic mass is 16.4. The van der Waals surface area contributed by atoms with Crippen molar-refractivity contribution in [1.29, 1.82) is 0 Å². The molecular weight excluding hydrogens is 272 g/mol. The van der Waals surface area contributed by atoms with Gasteiger partial charge in [-0.1, -0.05) is 20.8 Å². The largest absolute Gasteiger partial charge is 0.480 e. The third kappa shape index (κ3) is 3.77. The van der Waals surface area contributed by atoms with E-state index in [1.54, 1.807) is 18.2 Å². The standard InChI is InChI=1S/C14H18N4O3/c1-14(2,3)8-18(7-12(19)20)13(21)9-4-5-10-11(6-9)16-17-15-10/h4-6H,7-8H2,1-3H3,(H,19,20)(H,15,16,17). The van der Waals surface area contributed by atoms with Crippen LogP contribution in [-0.2, 0) is 4.79 Å². The van der Waals surface area contributed by atoms with Crippen molar-refractivity contribution in [2.75, 3.05) is 13.1 Å². The van der Waals surface area contributed by atoms with Gasteiger partial charge in [0.2, 0.25) is 0 Å².